The number of nitrogens with zero attached hydrogens (tertiary/aromatic N) is 4. The Balaban J connectivity index is 1.60. The summed E-state index contributed by atoms with van der Waals surface area (Å²) in [6, 6.07) is 2.94. The van der Waals surface area contributed by atoms with Crippen LogP contribution < -0.4 is 10.5 Å². The maximum absolute atomic E-state index is 13.9. The molecule has 41 heavy (non-hydrogen) atoms. The van der Waals surface area contributed by atoms with Crippen molar-refractivity contribution in [2.24, 2.45) is 5.73 Å². The Hall–Kier alpha value is -4.08. The van der Waals surface area contributed by atoms with E-state index in [0.29, 0.717) is 5.01 Å². The molecule has 15 heteroatoms. The zero-order valence-corrected chi connectivity index (χ0v) is 22.7. The molecule has 1 aromatic carbocycles. The van der Waals surface area contributed by atoms with Gasteiger partial charge >= 0.3 is 12.1 Å². The third-order valence-electron chi connectivity index (χ3n) is 6.73. The normalized spacial score (nSPS) is 19.9. The number of pyridine rings is 1. The van der Waals surface area contributed by atoms with Gasteiger partial charge in [0.05, 0.1) is 26.8 Å². The molecular weight excluding hydrogens is 567 g/mol. The number of nitrogens with two attached hydrogens (primary N) is 1. The second kappa shape index (κ2) is 10.4. The first-order valence-corrected chi connectivity index (χ1v) is 13.1. The number of alkyl halides is 3. The molecule has 216 valence electrons. The van der Waals surface area contributed by atoms with Gasteiger partial charge in [0.1, 0.15) is 33.6 Å². The molecule has 1 amide bonds. The van der Waals surface area contributed by atoms with Gasteiger partial charge in [-0.15, -0.1) is 11.3 Å². The molecule has 5 rings (SSSR count). The molecule has 4 heterocycles. The van der Waals surface area contributed by atoms with Gasteiger partial charge in [0.15, 0.2) is 11.5 Å². The predicted molar refractivity (Wildman–Crippen MR) is 139 cm³/mol. The van der Waals surface area contributed by atoms with E-state index < -0.39 is 41.4 Å². The number of fused-ring (bicyclic) bond motifs is 1. The molecule has 1 fully saturated rings. The van der Waals surface area contributed by atoms with Gasteiger partial charge in [-0.05, 0) is 31.2 Å². The van der Waals surface area contributed by atoms with Crippen LogP contribution in [0.25, 0.3) is 22.4 Å². The van der Waals surface area contributed by atoms with Gasteiger partial charge in [-0.2, -0.15) is 13.2 Å². The Morgan fingerprint density at radius 2 is 2.00 bits per heavy atom. The fourth-order valence-electron chi connectivity index (χ4n) is 4.80. The number of rotatable bonds is 6. The zero-order valence-electron chi connectivity index (χ0n) is 21.9. The fraction of sp³-hybridized carbons (Fsp3) is 0.346. The van der Waals surface area contributed by atoms with Crippen LogP contribution in [0.2, 0.25) is 0 Å². The summed E-state index contributed by atoms with van der Waals surface area (Å²) in [6.07, 6.45) is -3.35. The number of methoxy groups -OCH3 is 2. The first-order chi connectivity index (χ1) is 19.4. The van der Waals surface area contributed by atoms with Crippen LogP contribution in [0, 0.1) is 0 Å². The molecule has 0 saturated carbocycles. The molecule has 0 spiro atoms. The van der Waals surface area contributed by atoms with Gasteiger partial charge < -0.3 is 29.6 Å². The molecule has 4 aromatic rings. The first-order valence-electron chi connectivity index (χ1n) is 12.2. The van der Waals surface area contributed by atoms with Crippen molar-refractivity contribution in [2.75, 3.05) is 20.8 Å². The lowest BCUT2D eigenvalue weighted by molar-refractivity contribution is -0.145. The minimum absolute atomic E-state index is 0.0258. The third kappa shape index (κ3) is 5.00. The number of carbonyl (C=O) groups is 2. The number of benzene rings is 1. The second-order valence-electron chi connectivity index (χ2n) is 9.47. The fourth-order valence-corrected chi connectivity index (χ4v) is 5.54. The molecule has 3 atom stereocenters. The van der Waals surface area contributed by atoms with Gasteiger partial charge in [-0.3, -0.25) is 4.79 Å². The maximum atomic E-state index is 13.9. The van der Waals surface area contributed by atoms with Crippen molar-refractivity contribution in [1.82, 2.24) is 19.9 Å². The second-order valence-corrected chi connectivity index (χ2v) is 10.4. The molecule has 0 bridgehead atoms. The Kier molecular flexibility index (Phi) is 7.21. The van der Waals surface area contributed by atoms with E-state index in [1.54, 1.807) is 12.3 Å². The number of β-amino-alcohol motifs (C(OH)–C–C–N with tert-alkyl or cyclic N) is 1. The summed E-state index contributed by atoms with van der Waals surface area (Å²) < 4.78 is 56.1. The highest BCUT2D eigenvalue weighted by atomic mass is 32.1. The number of oxazole rings is 1. The first kappa shape index (κ1) is 28.4. The van der Waals surface area contributed by atoms with E-state index in [1.807, 2.05) is 0 Å². The third-order valence-corrected chi connectivity index (χ3v) is 7.70. The Bertz CT molecular complexity index is 1620. The highest BCUT2D eigenvalue weighted by Gasteiger charge is 2.51. The van der Waals surface area contributed by atoms with Crippen molar-refractivity contribution in [1.29, 1.82) is 0 Å². The molecule has 3 aromatic heterocycles. The molecule has 0 aliphatic carbocycles. The van der Waals surface area contributed by atoms with Gasteiger partial charge in [0.2, 0.25) is 5.89 Å². The topological polar surface area (TPSA) is 154 Å². The zero-order chi connectivity index (χ0) is 29.7. The molecule has 1 aliphatic heterocycles. The highest BCUT2D eigenvalue weighted by molar-refractivity contribution is 7.09. The standard InChI is InChI=1S/C26H24F3N5O6S/c1-12(30)20-19(22(35)34-11-25(37,24-31-8-9-41-24)10-15(34)23(36)39-3)33-21(40-20)14-4-6-16(38-2)18-13(14)5-7-17(32-18)26(27,28)29/h4-9,12,15,37H,10-11,30H2,1-3H3/t12-,15-,25+/m0/s1. The van der Waals surface area contributed by atoms with Gasteiger partial charge in [0.25, 0.3) is 5.91 Å². The number of aromatic nitrogens is 3. The van der Waals surface area contributed by atoms with E-state index in [1.165, 1.54) is 50.0 Å². The van der Waals surface area contributed by atoms with E-state index in [0.717, 1.165) is 11.0 Å². The smallest absolute Gasteiger partial charge is 0.433 e. The van der Waals surface area contributed by atoms with E-state index in [9.17, 15) is 27.9 Å². The van der Waals surface area contributed by atoms with Crippen LogP contribution in [-0.2, 0) is 21.3 Å². The van der Waals surface area contributed by atoms with Crippen LogP contribution in [0.1, 0.15) is 46.3 Å². The number of amides is 1. The Morgan fingerprint density at radius 3 is 2.61 bits per heavy atom. The molecule has 0 radical (unpaired) electrons. The minimum Gasteiger partial charge on any atom is -0.494 e. The van der Waals surface area contributed by atoms with Gasteiger partial charge in [0, 0.05) is 28.9 Å². The minimum atomic E-state index is -4.69. The Labute approximate surface area is 234 Å². The molecule has 1 saturated heterocycles. The quantitative estimate of drug-likeness (QED) is 0.318. The SMILES string of the molecule is COC(=O)[C@@H]1C[C@](O)(c2nccs2)CN1C(=O)c1nc(-c2ccc(OC)c3nc(C(F)(F)F)ccc23)oc1[C@H](C)N. The van der Waals surface area contributed by atoms with Crippen LogP contribution in [0.4, 0.5) is 13.2 Å². The summed E-state index contributed by atoms with van der Waals surface area (Å²) >= 11 is 1.17. The summed E-state index contributed by atoms with van der Waals surface area (Å²) in [5.74, 6) is -1.55. The Morgan fingerprint density at radius 1 is 1.24 bits per heavy atom. The van der Waals surface area contributed by atoms with E-state index in [2.05, 4.69) is 15.0 Å². The number of esters is 1. The predicted octanol–water partition coefficient (Wildman–Crippen LogP) is 3.67. The number of hydrogen-bond donors (Lipinski definition) is 2. The average molecular weight is 592 g/mol. The molecular formula is C26H24F3N5O6S. The maximum Gasteiger partial charge on any atom is 0.433 e. The molecule has 3 N–H and O–H groups in total. The summed E-state index contributed by atoms with van der Waals surface area (Å²) in [5, 5.41) is 13.5. The lowest BCUT2D eigenvalue weighted by atomic mass is 10.0. The van der Waals surface area contributed by atoms with Crippen molar-refractivity contribution in [3.63, 3.8) is 0 Å². The lowest BCUT2D eigenvalue weighted by Gasteiger charge is -2.22. The van der Waals surface area contributed by atoms with E-state index in [4.69, 9.17) is 19.6 Å². The summed E-state index contributed by atoms with van der Waals surface area (Å²) in [5.41, 5.74) is 3.29. The van der Waals surface area contributed by atoms with Crippen LogP contribution in [0.3, 0.4) is 0 Å². The largest absolute Gasteiger partial charge is 0.494 e. The number of ether oxygens (including phenoxy) is 2. The number of halogens is 3. The summed E-state index contributed by atoms with van der Waals surface area (Å²) in [7, 11) is 2.47. The van der Waals surface area contributed by atoms with Crippen molar-refractivity contribution in [3.05, 3.63) is 58.0 Å². The van der Waals surface area contributed by atoms with Crippen LogP contribution >= 0.6 is 11.3 Å². The molecule has 11 nitrogen and oxygen atoms in total. The van der Waals surface area contributed by atoms with Crippen LogP contribution in [-0.4, -0.2) is 63.6 Å². The summed E-state index contributed by atoms with van der Waals surface area (Å²) in [4.78, 5) is 39.9. The van der Waals surface area contributed by atoms with Gasteiger partial charge in [-0.1, -0.05) is 0 Å². The number of carbonyl (C=O) groups excluding carboxylic acids is 2. The van der Waals surface area contributed by atoms with Crippen LogP contribution in [0.15, 0.2) is 40.3 Å². The van der Waals surface area contributed by atoms with Gasteiger partial charge in [-0.25, -0.2) is 19.7 Å². The summed E-state index contributed by atoms with van der Waals surface area (Å²) in [6.45, 7) is 1.27. The van der Waals surface area contributed by atoms with Crippen molar-refractivity contribution in [3.8, 4) is 17.2 Å². The van der Waals surface area contributed by atoms with Crippen molar-refractivity contribution < 1.29 is 41.8 Å². The molecule has 1 aliphatic rings. The molecule has 0 unspecified atom stereocenters. The number of hydrogen-bond acceptors (Lipinski definition) is 11. The average Bonchev–Trinajstić information content (AvgIpc) is 3.70. The number of likely N-dealkylation sites (tertiary alicyclic amines) is 1. The monoisotopic (exact) mass is 591 g/mol. The van der Waals surface area contributed by atoms with Crippen LogP contribution in [0.5, 0.6) is 5.75 Å². The van der Waals surface area contributed by atoms with E-state index >= 15 is 0 Å². The number of thiazole rings is 1. The van der Waals surface area contributed by atoms with E-state index in [-0.39, 0.29) is 52.5 Å². The number of aliphatic hydroxyl groups is 1. The van der Waals surface area contributed by atoms with Crippen molar-refractivity contribution >= 4 is 34.1 Å². The highest BCUT2D eigenvalue weighted by Crippen LogP contribution is 2.40. The lowest BCUT2D eigenvalue weighted by Crippen LogP contribution is -2.42. The van der Waals surface area contributed by atoms with Crippen molar-refractivity contribution in [2.45, 2.75) is 37.2 Å².